The second-order valence-corrected chi connectivity index (χ2v) is 7.54. The lowest BCUT2D eigenvalue weighted by atomic mass is 10.2. The number of nitrogens with zero attached hydrogens (tertiary/aromatic N) is 3. The van der Waals surface area contributed by atoms with Crippen LogP contribution in [-0.4, -0.2) is 14.8 Å². The summed E-state index contributed by atoms with van der Waals surface area (Å²) in [6.07, 6.45) is 1.67. The Hall–Kier alpha value is -2.36. The molecule has 3 rings (SSSR count). The molecule has 1 atom stereocenters. The maximum atomic E-state index is 12.8. The third-order valence-corrected chi connectivity index (χ3v) is 5.58. The van der Waals surface area contributed by atoms with E-state index in [0.717, 1.165) is 10.4 Å². The van der Waals surface area contributed by atoms with Gasteiger partial charge in [0, 0.05) is 11.4 Å². The first kappa shape index (κ1) is 16.5. The molecule has 2 heterocycles. The Bertz CT molecular complexity index is 983. The summed E-state index contributed by atoms with van der Waals surface area (Å²) in [5.74, 6) is 0. The van der Waals surface area contributed by atoms with Gasteiger partial charge in [-0.05, 0) is 18.6 Å². The summed E-state index contributed by atoms with van der Waals surface area (Å²) in [6, 6.07) is 14.0. The van der Waals surface area contributed by atoms with Crippen LogP contribution in [0.2, 0.25) is 0 Å². The lowest BCUT2D eigenvalue weighted by Crippen LogP contribution is -2.22. The van der Waals surface area contributed by atoms with E-state index in [0.29, 0.717) is 21.9 Å². The van der Waals surface area contributed by atoms with Crippen molar-refractivity contribution in [3.63, 3.8) is 0 Å². The van der Waals surface area contributed by atoms with E-state index in [9.17, 15) is 4.79 Å². The predicted molar refractivity (Wildman–Crippen MR) is 100 cm³/mol. The minimum absolute atomic E-state index is 0.0836. The highest BCUT2D eigenvalue weighted by molar-refractivity contribution is 8.00. The van der Waals surface area contributed by atoms with Crippen molar-refractivity contribution in [2.24, 2.45) is 0 Å². The van der Waals surface area contributed by atoms with Crippen molar-refractivity contribution < 1.29 is 0 Å². The molecule has 0 saturated heterocycles. The summed E-state index contributed by atoms with van der Waals surface area (Å²) in [4.78, 5) is 18.5. The van der Waals surface area contributed by atoms with Crippen molar-refractivity contribution in [1.82, 2.24) is 9.55 Å². The third kappa shape index (κ3) is 3.14. The van der Waals surface area contributed by atoms with Crippen molar-refractivity contribution in [1.29, 1.82) is 5.26 Å². The molecule has 24 heavy (non-hydrogen) atoms. The van der Waals surface area contributed by atoms with Crippen LogP contribution in [0, 0.1) is 11.3 Å². The second-order valence-electron chi connectivity index (χ2n) is 5.18. The topological polar surface area (TPSA) is 58.7 Å². The zero-order chi connectivity index (χ0) is 17.1. The Morgan fingerprint density at radius 1 is 1.46 bits per heavy atom. The SMILES string of the molecule is C=CCn1c(SC(C)C#N)nc2cc(-c3ccccc3)sc2c1=O. The Morgan fingerprint density at radius 3 is 2.88 bits per heavy atom. The summed E-state index contributed by atoms with van der Waals surface area (Å²) in [5.41, 5.74) is 1.66. The van der Waals surface area contributed by atoms with Crippen LogP contribution in [0.15, 0.2) is 59.0 Å². The number of rotatable bonds is 5. The van der Waals surface area contributed by atoms with Crippen LogP contribution in [0.5, 0.6) is 0 Å². The van der Waals surface area contributed by atoms with Gasteiger partial charge < -0.3 is 0 Å². The number of allylic oxidation sites excluding steroid dienone is 1. The van der Waals surface area contributed by atoms with Gasteiger partial charge in [0.1, 0.15) is 4.70 Å². The monoisotopic (exact) mass is 353 g/mol. The van der Waals surface area contributed by atoms with Crippen LogP contribution in [-0.2, 0) is 6.54 Å². The molecular weight excluding hydrogens is 338 g/mol. The fourth-order valence-corrected chi connectivity index (χ4v) is 4.16. The van der Waals surface area contributed by atoms with E-state index in [-0.39, 0.29) is 10.8 Å². The van der Waals surface area contributed by atoms with E-state index in [4.69, 9.17) is 5.26 Å². The number of hydrogen-bond acceptors (Lipinski definition) is 5. The molecule has 0 N–H and O–H groups in total. The zero-order valence-corrected chi connectivity index (χ0v) is 14.7. The lowest BCUT2D eigenvalue weighted by molar-refractivity contribution is 0.672. The summed E-state index contributed by atoms with van der Waals surface area (Å²) < 4.78 is 2.21. The lowest BCUT2D eigenvalue weighted by Gasteiger charge is -2.10. The van der Waals surface area contributed by atoms with Crippen molar-refractivity contribution in [3.05, 3.63) is 59.4 Å². The van der Waals surface area contributed by atoms with Gasteiger partial charge >= 0.3 is 0 Å². The first-order valence-electron chi connectivity index (χ1n) is 7.41. The molecule has 4 nitrogen and oxygen atoms in total. The molecule has 2 aromatic heterocycles. The molecule has 0 spiro atoms. The Labute approximate surface area is 148 Å². The molecule has 6 heteroatoms. The molecule has 0 fully saturated rings. The van der Waals surface area contributed by atoms with Crippen molar-refractivity contribution in [2.45, 2.75) is 23.9 Å². The van der Waals surface area contributed by atoms with Gasteiger partial charge in [-0.1, -0.05) is 48.2 Å². The maximum Gasteiger partial charge on any atom is 0.272 e. The molecular formula is C18H15N3OS2. The Kier molecular flexibility index (Phi) is 4.84. The van der Waals surface area contributed by atoms with E-state index >= 15 is 0 Å². The van der Waals surface area contributed by atoms with Gasteiger partial charge in [0.05, 0.1) is 16.8 Å². The summed E-state index contributed by atoms with van der Waals surface area (Å²) >= 11 is 2.74. The van der Waals surface area contributed by atoms with Gasteiger partial charge in [0.15, 0.2) is 5.16 Å². The quantitative estimate of drug-likeness (QED) is 0.389. The molecule has 0 bridgehead atoms. The Morgan fingerprint density at radius 2 is 2.21 bits per heavy atom. The van der Waals surface area contributed by atoms with Crippen molar-refractivity contribution in [2.75, 3.05) is 0 Å². The van der Waals surface area contributed by atoms with Gasteiger partial charge in [-0.15, -0.1) is 17.9 Å². The standard InChI is InChI=1S/C18H15N3OS2/c1-3-9-21-17(22)16-14(20-18(21)23-12(2)11-19)10-15(24-16)13-7-5-4-6-8-13/h3-8,10,12H,1,9H2,2H3. The molecule has 3 aromatic rings. The molecule has 1 aromatic carbocycles. The average molecular weight is 353 g/mol. The first-order chi connectivity index (χ1) is 11.6. The fraction of sp³-hybridized carbons (Fsp3) is 0.167. The smallest absolute Gasteiger partial charge is 0.272 e. The third-order valence-electron chi connectivity index (χ3n) is 3.43. The van der Waals surface area contributed by atoms with Crippen LogP contribution in [0.3, 0.4) is 0 Å². The zero-order valence-electron chi connectivity index (χ0n) is 13.1. The van der Waals surface area contributed by atoms with Gasteiger partial charge in [0.2, 0.25) is 0 Å². The minimum Gasteiger partial charge on any atom is -0.282 e. The van der Waals surface area contributed by atoms with E-state index in [1.54, 1.807) is 17.6 Å². The van der Waals surface area contributed by atoms with Crippen LogP contribution in [0.4, 0.5) is 0 Å². The Balaban J connectivity index is 2.19. The first-order valence-corrected chi connectivity index (χ1v) is 9.10. The highest BCUT2D eigenvalue weighted by Gasteiger charge is 2.16. The predicted octanol–water partition coefficient (Wildman–Crippen LogP) is 4.32. The molecule has 0 amide bonds. The maximum absolute atomic E-state index is 12.8. The molecule has 1 unspecified atom stereocenters. The van der Waals surface area contributed by atoms with Crippen LogP contribution < -0.4 is 5.56 Å². The van der Waals surface area contributed by atoms with E-state index in [1.807, 2.05) is 36.4 Å². The molecule has 0 aliphatic rings. The van der Waals surface area contributed by atoms with Gasteiger partial charge in [-0.2, -0.15) is 5.26 Å². The highest BCUT2D eigenvalue weighted by Crippen LogP contribution is 2.32. The van der Waals surface area contributed by atoms with Crippen LogP contribution in [0.1, 0.15) is 6.92 Å². The number of thiophene rings is 1. The van der Waals surface area contributed by atoms with E-state index in [2.05, 4.69) is 17.6 Å². The normalized spacial score (nSPS) is 12.0. The number of benzene rings is 1. The summed E-state index contributed by atoms with van der Waals surface area (Å²) in [6.45, 7) is 5.88. The van der Waals surface area contributed by atoms with Crippen LogP contribution >= 0.6 is 23.1 Å². The molecule has 120 valence electrons. The molecule has 0 saturated carbocycles. The van der Waals surface area contributed by atoms with Gasteiger partial charge in [0.25, 0.3) is 5.56 Å². The number of nitriles is 1. The van der Waals surface area contributed by atoms with Crippen LogP contribution in [0.25, 0.3) is 20.7 Å². The summed E-state index contributed by atoms with van der Waals surface area (Å²) in [5, 5.41) is 9.32. The fourth-order valence-electron chi connectivity index (χ4n) is 2.30. The minimum atomic E-state index is -0.280. The van der Waals surface area contributed by atoms with Crippen molar-refractivity contribution >= 4 is 33.3 Å². The molecule has 0 aliphatic heterocycles. The van der Waals surface area contributed by atoms with E-state index in [1.165, 1.54) is 23.1 Å². The number of aromatic nitrogens is 2. The highest BCUT2D eigenvalue weighted by atomic mass is 32.2. The largest absolute Gasteiger partial charge is 0.282 e. The summed E-state index contributed by atoms with van der Waals surface area (Å²) in [7, 11) is 0. The molecule has 0 radical (unpaired) electrons. The second kappa shape index (κ2) is 7.04. The van der Waals surface area contributed by atoms with E-state index < -0.39 is 0 Å². The average Bonchev–Trinajstić information content (AvgIpc) is 3.03. The number of thioether (sulfide) groups is 1. The number of hydrogen-bond donors (Lipinski definition) is 0. The number of fused-ring (bicyclic) bond motifs is 1. The van der Waals surface area contributed by atoms with Gasteiger partial charge in [-0.3, -0.25) is 9.36 Å². The van der Waals surface area contributed by atoms with Gasteiger partial charge in [-0.25, -0.2) is 4.98 Å². The molecule has 0 aliphatic carbocycles. The van der Waals surface area contributed by atoms with Crippen molar-refractivity contribution in [3.8, 4) is 16.5 Å².